The molecule has 3 rings (SSSR count). The molecule has 0 unspecified atom stereocenters. The first-order valence-electron chi connectivity index (χ1n) is 10.1. The number of amides is 1. The second-order valence-corrected chi connectivity index (χ2v) is 6.71. The molecule has 3 aromatic rings. The van der Waals surface area contributed by atoms with Crippen LogP contribution >= 0.6 is 0 Å². The Labute approximate surface area is 186 Å². The van der Waals surface area contributed by atoms with Gasteiger partial charge in [0, 0.05) is 0 Å². The molecule has 0 saturated carbocycles. The van der Waals surface area contributed by atoms with Crippen molar-refractivity contribution in [2.45, 2.75) is 13.3 Å². The van der Waals surface area contributed by atoms with E-state index in [0.717, 1.165) is 5.56 Å². The summed E-state index contributed by atoms with van der Waals surface area (Å²) >= 11 is 0. The highest BCUT2D eigenvalue weighted by molar-refractivity contribution is 5.92. The topological polar surface area (TPSA) is 86.2 Å². The van der Waals surface area contributed by atoms with Crippen LogP contribution in [0.15, 0.2) is 77.9 Å². The van der Waals surface area contributed by atoms with Crippen LogP contribution in [0.4, 0.5) is 0 Å². The van der Waals surface area contributed by atoms with Crippen LogP contribution in [0.5, 0.6) is 17.2 Å². The van der Waals surface area contributed by atoms with Crippen LogP contribution in [0.2, 0.25) is 0 Å². The molecule has 7 heteroatoms. The van der Waals surface area contributed by atoms with Crippen molar-refractivity contribution in [1.82, 2.24) is 5.43 Å². The zero-order valence-electron chi connectivity index (χ0n) is 17.9. The number of hydrogen-bond acceptors (Lipinski definition) is 6. The Kier molecular flexibility index (Phi) is 7.97. The molecule has 0 aliphatic carbocycles. The molecule has 3 aromatic carbocycles. The largest absolute Gasteiger partial charge is 0.494 e. The van der Waals surface area contributed by atoms with Gasteiger partial charge in [-0.05, 0) is 60.5 Å². The molecule has 0 saturated heterocycles. The Morgan fingerprint density at radius 3 is 2.41 bits per heavy atom. The highest BCUT2D eigenvalue weighted by Gasteiger charge is 2.13. The van der Waals surface area contributed by atoms with Crippen molar-refractivity contribution in [3.8, 4) is 17.2 Å². The van der Waals surface area contributed by atoms with Crippen LogP contribution in [-0.2, 0) is 11.2 Å². The summed E-state index contributed by atoms with van der Waals surface area (Å²) in [7, 11) is 1.48. The number of hydrazone groups is 1. The number of nitrogens with zero attached hydrogens (tertiary/aromatic N) is 1. The molecule has 0 spiro atoms. The second-order valence-electron chi connectivity index (χ2n) is 6.71. The van der Waals surface area contributed by atoms with Gasteiger partial charge in [-0.15, -0.1) is 0 Å². The van der Waals surface area contributed by atoms with Crippen LogP contribution in [-0.4, -0.2) is 31.8 Å². The second kappa shape index (κ2) is 11.3. The first-order chi connectivity index (χ1) is 15.6. The van der Waals surface area contributed by atoms with Crippen molar-refractivity contribution in [2.24, 2.45) is 5.10 Å². The quantitative estimate of drug-likeness (QED) is 0.239. The van der Waals surface area contributed by atoms with Crippen LogP contribution in [0.25, 0.3) is 0 Å². The van der Waals surface area contributed by atoms with Crippen LogP contribution in [0.1, 0.15) is 28.4 Å². The Morgan fingerprint density at radius 1 is 0.969 bits per heavy atom. The highest BCUT2D eigenvalue weighted by Crippen LogP contribution is 2.28. The third kappa shape index (κ3) is 6.43. The lowest BCUT2D eigenvalue weighted by Crippen LogP contribution is -2.19. The average molecular weight is 432 g/mol. The molecule has 0 fully saturated rings. The molecule has 1 amide bonds. The summed E-state index contributed by atoms with van der Waals surface area (Å²) in [5.41, 5.74) is 4.46. The molecule has 0 bridgehead atoms. The van der Waals surface area contributed by atoms with E-state index in [1.165, 1.54) is 13.3 Å². The lowest BCUT2D eigenvalue weighted by Gasteiger charge is -2.10. The Morgan fingerprint density at radius 2 is 1.72 bits per heavy atom. The van der Waals surface area contributed by atoms with Crippen molar-refractivity contribution >= 4 is 18.1 Å². The Balaban J connectivity index is 1.60. The number of nitrogens with one attached hydrogen (secondary N) is 1. The summed E-state index contributed by atoms with van der Waals surface area (Å²) in [4.78, 5) is 24.4. The van der Waals surface area contributed by atoms with Gasteiger partial charge in [0.25, 0.3) is 0 Å². The monoisotopic (exact) mass is 432 g/mol. The number of carbonyl (C=O) groups excluding carboxylic acids is 2. The molecular formula is C25H24N2O5. The zero-order chi connectivity index (χ0) is 22.8. The fourth-order valence-corrected chi connectivity index (χ4v) is 2.86. The first kappa shape index (κ1) is 22.6. The van der Waals surface area contributed by atoms with E-state index >= 15 is 0 Å². The maximum Gasteiger partial charge on any atom is 0.343 e. The molecule has 0 aliphatic rings. The number of rotatable bonds is 9. The van der Waals surface area contributed by atoms with Crippen LogP contribution < -0.4 is 19.6 Å². The van der Waals surface area contributed by atoms with Gasteiger partial charge in [-0.25, -0.2) is 10.2 Å². The maximum atomic E-state index is 12.4. The average Bonchev–Trinajstić information content (AvgIpc) is 2.81. The number of esters is 1. The minimum absolute atomic E-state index is 0.222. The lowest BCUT2D eigenvalue weighted by molar-refractivity contribution is -0.120. The summed E-state index contributed by atoms with van der Waals surface area (Å²) < 4.78 is 16.2. The van der Waals surface area contributed by atoms with Gasteiger partial charge in [-0.1, -0.05) is 30.3 Å². The molecule has 1 N–H and O–H groups in total. The standard InChI is InChI=1S/C25H24N2O5/c1-3-31-21-12-10-20(11-13-21)25(29)32-22-14-9-19(15-23(22)30-2)17-26-27-24(28)16-18-7-5-4-6-8-18/h4-15,17H,3,16H2,1-2H3,(H,27,28)/b26-17+. The zero-order valence-corrected chi connectivity index (χ0v) is 17.9. The number of hydrogen-bond donors (Lipinski definition) is 1. The molecular weight excluding hydrogens is 408 g/mol. The van der Waals surface area contributed by atoms with Crippen molar-refractivity contribution in [1.29, 1.82) is 0 Å². The number of carbonyl (C=O) groups is 2. The summed E-state index contributed by atoms with van der Waals surface area (Å²) in [6, 6.07) is 21.1. The van der Waals surface area contributed by atoms with E-state index in [1.54, 1.807) is 42.5 Å². The van der Waals surface area contributed by atoms with Gasteiger partial charge in [0.1, 0.15) is 5.75 Å². The van der Waals surface area contributed by atoms with E-state index in [1.807, 2.05) is 37.3 Å². The van der Waals surface area contributed by atoms with Crippen molar-refractivity contribution in [2.75, 3.05) is 13.7 Å². The van der Waals surface area contributed by atoms with Gasteiger partial charge in [-0.3, -0.25) is 4.79 Å². The first-order valence-corrected chi connectivity index (χ1v) is 10.1. The Bertz CT molecular complexity index is 1080. The minimum Gasteiger partial charge on any atom is -0.494 e. The number of ether oxygens (including phenoxy) is 3. The molecule has 7 nitrogen and oxygen atoms in total. The summed E-state index contributed by atoms with van der Waals surface area (Å²) in [6.45, 7) is 2.44. The van der Waals surface area contributed by atoms with E-state index in [4.69, 9.17) is 14.2 Å². The van der Waals surface area contributed by atoms with Crippen molar-refractivity contribution in [3.63, 3.8) is 0 Å². The molecule has 0 aliphatic heterocycles. The van der Waals surface area contributed by atoms with Crippen LogP contribution in [0.3, 0.4) is 0 Å². The molecule has 0 heterocycles. The van der Waals surface area contributed by atoms with E-state index in [0.29, 0.717) is 29.2 Å². The van der Waals surface area contributed by atoms with Crippen molar-refractivity contribution in [3.05, 3.63) is 89.5 Å². The van der Waals surface area contributed by atoms with Crippen molar-refractivity contribution < 1.29 is 23.8 Å². The fraction of sp³-hybridized carbons (Fsp3) is 0.160. The van der Waals surface area contributed by atoms with Gasteiger partial charge in [0.2, 0.25) is 5.91 Å². The molecule has 0 aromatic heterocycles. The SMILES string of the molecule is CCOc1ccc(C(=O)Oc2ccc(/C=N/NC(=O)Cc3ccccc3)cc2OC)cc1. The molecule has 0 radical (unpaired) electrons. The van der Waals surface area contributed by atoms with Gasteiger partial charge in [0.15, 0.2) is 11.5 Å². The third-order valence-corrected chi connectivity index (χ3v) is 4.40. The summed E-state index contributed by atoms with van der Waals surface area (Å²) in [5, 5.41) is 3.97. The molecule has 164 valence electrons. The minimum atomic E-state index is -0.513. The smallest absolute Gasteiger partial charge is 0.343 e. The lowest BCUT2D eigenvalue weighted by atomic mass is 10.1. The van der Waals surface area contributed by atoms with Crippen LogP contribution in [0, 0.1) is 0 Å². The van der Waals surface area contributed by atoms with Gasteiger partial charge in [-0.2, -0.15) is 5.10 Å². The summed E-state index contributed by atoms with van der Waals surface area (Å²) in [5.74, 6) is 0.586. The third-order valence-electron chi connectivity index (χ3n) is 4.40. The van der Waals surface area contributed by atoms with E-state index < -0.39 is 5.97 Å². The van der Waals surface area contributed by atoms with E-state index in [9.17, 15) is 9.59 Å². The number of methoxy groups -OCH3 is 1. The van der Waals surface area contributed by atoms with Gasteiger partial charge >= 0.3 is 5.97 Å². The van der Waals surface area contributed by atoms with Gasteiger partial charge < -0.3 is 14.2 Å². The molecule has 32 heavy (non-hydrogen) atoms. The predicted octanol–water partition coefficient (Wildman–Crippen LogP) is 4.01. The highest BCUT2D eigenvalue weighted by atomic mass is 16.6. The van der Waals surface area contributed by atoms with E-state index in [-0.39, 0.29) is 18.1 Å². The van der Waals surface area contributed by atoms with E-state index in [2.05, 4.69) is 10.5 Å². The normalized spacial score (nSPS) is 10.6. The molecule has 0 atom stereocenters. The fourth-order valence-electron chi connectivity index (χ4n) is 2.86. The predicted molar refractivity (Wildman–Crippen MR) is 121 cm³/mol. The number of benzene rings is 3. The summed E-state index contributed by atoms with van der Waals surface area (Å²) in [6.07, 6.45) is 1.73. The Hall–Kier alpha value is -4.13. The van der Waals surface area contributed by atoms with Gasteiger partial charge in [0.05, 0.1) is 31.9 Å². The maximum absolute atomic E-state index is 12.4.